The van der Waals surface area contributed by atoms with Gasteiger partial charge in [0.25, 0.3) is 0 Å². The highest BCUT2D eigenvalue weighted by atomic mass is 32.2. The number of carbonyl (C=O) groups excluding carboxylic acids is 1. The van der Waals surface area contributed by atoms with Gasteiger partial charge in [-0.3, -0.25) is 9.59 Å². The molecule has 0 aliphatic rings. The average molecular weight is 311 g/mol. The number of carboxylic acids is 1. The number of hydrogen-bond acceptors (Lipinski definition) is 4. The van der Waals surface area contributed by atoms with E-state index in [4.69, 9.17) is 9.84 Å². The van der Waals surface area contributed by atoms with Crippen molar-refractivity contribution in [3.63, 3.8) is 0 Å². The molecule has 0 saturated heterocycles. The Labute approximate surface area is 129 Å². The number of rotatable bonds is 8. The fourth-order valence-electron chi connectivity index (χ4n) is 1.78. The van der Waals surface area contributed by atoms with Crippen LogP contribution in [-0.4, -0.2) is 47.3 Å². The molecule has 0 aromatic heterocycles. The van der Waals surface area contributed by atoms with E-state index in [1.54, 1.807) is 18.9 Å². The summed E-state index contributed by atoms with van der Waals surface area (Å²) < 4.78 is 5.08. The first kappa shape index (κ1) is 17.4. The van der Waals surface area contributed by atoms with Crippen LogP contribution in [-0.2, 0) is 9.59 Å². The van der Waals surface area contributed by atoms with Gasteiger partial charge in [-0.15, -0.1) is 11.8 Å². The van der Waals surface area contributed by atoms with Crippen LogP contribution in [0.4, 0.5) is 0 Å². The van der Waals surface area contributed by atoms with Crippen molar-refractivity contribution in [1.82, 2.24) is 4.90 Å². The summed E-state index contributed by atoms with van der Waals surface area (Å²) in [6, 6.07) is 7.50. The van der Waals surface area contributed by atoms with E-state index in [0.29, 0.717) is 12.2 Å². The number of thioether (sulfide) groups is 1. The lowest BCUT2D eigenvalue weighted by Gasteiger charge is -2.24. The largest absolute Gasteiger partial charge is 0.497 e. The molecule has 6 heteroatoms. The minimum absolute atomic E-state index is 0.111. The van der Waals surface area contributed by atoms with Gasteiger partial charge in [0.15, 0.2) is 0 Å². The van der Waals surface area contributed by atoms with Crippen LogP contribution in [0.15, 0.2) is 29.2 Å². The molecule has 0 atom stereocenters. The van der Waals surface area contributed by atoms with Crippen molar-refractivity contribution in [1.29, 1.82) is 0 Å². The second-order valence-corrected chi connectivity index (χ2v) is 5.95. The number of benzene rings is 1. The van der Waals surface area contributed by atoms with Crippen LogP contribution in [0.5, 0.6) is 5.75 Å². The Bertz CT molecular complexity index is 473. The zero-order valence-electron chi connectivity index (χ0n) is 12.5. The summed E-state index contributed by atoms with van der Waals surface area (Å²) in [6.07, 6.45) is 0.322. The molecule has 0 saturated carbocycles. The summed E-state index contributed by atoms with van der Waals surface area (Å²) in [5.41, 5.74) is 0. The number of ether oxygens (including phenoxy) is 1. The van der Waals surface area contributed by atoms with Gasteiger partial charge in [-0.25, -0.2) is 0 Å². The Hall–Kier alpha value is -1.69. The highest BCUT2D eigenvalue weighted by molar-refractivity contribution is 7.99. The normalized spacial score (nSPS) is 10.5. The molecule has 0 aliphatic carbocycles. The quantitative estimate of drug-likeness (QED) is 0.747. The van der Waals surface area contributed by atoms with E-state index in [1.807, 2.05) is 38.1 Å². The monoisotopic (exact) mass is 311 g/mol. The Morgan fingerprint density at radius 2 is 1.90 bits per heavy atom. The average Bonchev–Trinajstić information content (AvgIpc) is 2.45. The first-order valence-electron chi connectivity index (χ1n) is 6.72. The van der Waals surface area contributed by atoms with E-state index in [-0.39, 0.29) is 18.5 Å². The van der Waals surface area contributed by atoms with E-state index in [2.05, 4.69) is 0 Å². The highest BCUT2D eigenvalue weighted by Crippen LogP contribution is 2.22. The molecule has 5 nitrogen and oxygen atoms in total. The van der Waals surface area contributed by atoms with Crippen LogP contribution < -0.4 is 4.74 Å². The minimum Gasteiger partial charge on any atom is -0.497 e. The summed E-state index contributed by atoms with van der Waals surface area (Å²) in [4.78, 5) is 25.2. The Balaban J connectivity index is 2.45. The maximum Gasteiger partial charge on any atom is 0.323 e. The SMILES string of the molecule is COc1ccc(SCCC(=O)N(CC(=O)O)C(C)C)cc1. The number of aliphatic carboxylic acids is 1. The summed E-state index contributed by atoms with van der Waals surface area (Å²) in [7, 11) is 1.61. The predicted molar refractivity (Wildman–Crippen MR) is 82.8 cm³/mol. The topological polar surface area (TPSA) is 66.8 Å². The molecule has 21 heavy (non-hydrogen) atoms. The lowest BCUT2D eigenvalue weighted by atomic mass is 10.3. The molecule has 0 aliphatic heterocycles. The van der Waals surface area contributed by atoms with Crippen molar-refractivity contribution < 1.29 is 19.4 Å². The Morgan fingerprint density at radius 1 is 1.29 bits per heavy atom. The second-order valence-electron chi connectivity index (χ2n) is 4.78. The van der Waals surface area contributed by atoms with E-state index in [9.17, 15) is 9.59 Å². The van der Waals surface area contributed by atoms with Gasteiger partial charge in [-0.1, -0.05) is 0 Å². The molecule has 0 heterocycles. The summed E-state index contributed by atoms with van der Waals surface area (Å²) >= 11 is 1.57. The lowest BCUT2D eigenvalue weighted by molar-refractivity contribution is -0.145. The third-order valence-corrected chi connectivity index (χ3v) is 3.91. The first-order valence-corrected chi connectivity index (χ1v) is 7.70. The van der Waals surface area contributed by atoms with Crippen LogP contribution in [0, 0.1) is 0 Å². The van der Waals surface area contributed by atoms with Gasteiger partial charge in [-0.2, -0.15) is 0 Å². The van der Waals surface area contributed by atoms with Crippen LogP contribution in [0.2, 0.25) is 0 Å². The van der Waals surface area contributed by atoms with Crippen LogP contribution in [0.1, 0.15) is 20.3 Å². The zero-order chi connectivity index (χ0) is 15.8. The third-order valence-electron chi connectivity index (χ3n) is 2.89. The molecule has 0 fully saturated rings. The van der Waals surface area contributed by atoms with Crippen molar-refractivity contribution in [2.24, 2.45) is 0 Å². The van der Waals surface area contributed by atoms with Crippen LogP contribution in [0.3, 0.4) is 0 Å². The second kappa shape index (κ2) is 8.56. The van der Waals surface area contributed by atoms with Crippen molar-refractivity contribution in [2.75, 3.05) is 19.4 Å². The molecule has 116 valence electrons. The van der Waals surface area contributed by atoms with Gasteiger partial charge in [0, 0.05) is 23.1 Å². The lowest BCUT2D eigenvalue weighted by Crippen LogP contribution is -2.40. The molecule has 1 aromatic rings. The van der Waals surface area contributed by atoms with Crippen molar-refractivity contribution in [2.45, 2.75) is 31.2 Å². The van der Waals surface area contributed by atoms with Gasteiger partial charge in [0.05, 0.1) is 7.11 Å². The smallest absolute Gasteiger partial charge is 0.323 e. The van der Waals surface area contributed by atoms with Gasteiger partial charge < -0.3 is 14.7 Å². The number of carbonyl (C=O) groups is 2. The summed E-state index contributed by atoms with van der Waals surface area (Å²) in [6.45, 7) is 3.39. The van der Waals surface area contributed by atoms with Crippen LogP contribution >= 0.6 is 11.8 Å². The summed E-state index contributed by atoms with van der Waals surface area (Å²) in [5, 5.41) is 8.82. The number of methoxy groups -OCH3 is 1. The molecule has 1 rings (SSSR count). The number of hydrogen-bond donors (Lipinski definition) is 1. The van der Waals surface area contributed by atoms with Crippen molar-refractivity contribution >= 4 is 23.6 Å². The number of carboxylic acid groups (broad SMARTS) is 1. The first-order chi connectivity index (χ1) is 9.93. The minimum atomic E-state index is -0.986. The number of amides is 1. The highest BCUT2D eigenvalue weighted by Gasteiger charge is 2.19. The predicted octanol–water partition coefficient (Wildman–Crippen LogP) is 2.50. The van der Waals surface area contributed by atoms with Gasteiger partial charge in [0.2, 0.25) is 5.91 Å². The van der Waals surface area contributed by atoms with Crippen LogP contribution in [0.25, 0.3) is 0 Å². The standard InChI is InChI=1S/C15H21NO4S/c1-11(2)16(10-15(18)19)14(17)8-9-21-13-6-4-12(20-3)5-7-13/h4-7,11H,8-10H2,1-3H3,(H,18,19). The summed E-state index contributed by atoms with van der Waals surface area (Å²) in [5.74, 6) is 0.296. The maximum absolute atomic E-state index is 12.0. The Morgan fingerprint density at radius 3 is 2.38 bits per heavy atom. The number of nitrogens with zero attached hydrogens (tertiary/aromatic N) is 1. The van der Waals surface area contributed by atoms with Gasteiger partial charge in [0.1, 0.15) is 12.3 Å². The van der Waals surface area contributed by atoms with E-state index in [0.717, 1.165) is 10.6 Å². The van der Waals surface area contributed by atoms with Gasteiger partial charge >= 0.3 is 5.97 Å². The van der Waals surface area contributed by atoms with Crippen molar-refractivity contribution in [3.05, 3.63) is 24.3 Å². The fourth-order valence-corrected chi connectivity index (χ4v) is 2.62. The molecular formula is C15H21NO4S. The third kappa shape index (κ3) is 6.08. The molecule has 0 unspecified atom stereocenters. The molecular weight excluding hydrogens is 290 g/mol. The van der Waals surface area contributed by atoms with E-state index >= 15 is 0 Å². The molecule has 0 spiro atoms. The Kier molecular flexibility index (Phi) is 7.08. The fraction of sp³-hybridized carbons (Fsp3) is 0.467. The molecule has 1 aromatic carbocycles. The molecule has 0 radical (unpaired) electrons. The van der Waals surface area contributed by atoms with Gasteiger partial charge in [-0.05, 0) is 38.1 Å². The van der Waals surface area contributed by atoms with E-state index < -0.39 is 5.97 Å². The molecule has 1 N–H and O–H groups in total. The molecule has 1 amide bonds. The zero-order valence-corrected chi connectivity index (χ0v) is 13.4. The van der Waals surface area contributed by atoms with E-state index in [1.165, 1.54) is 4.90 Å². The van der Waals surface area contributed by atoms with Crippen molar-refractivity contribution in [3.8, 4) is 5.75 Å². The molecule has 0 bridgehead atoms. The maximum atomic E-state index is 12.0.